The van der Waals surface area contributed by atoms with E-state index in [0.717, 1.165) is 10.2 Å². The van der Waals surface area contributed by atoms with Gasteiger partial charge in [0.2, 0.25) is 15.9 Å². The highest BCUT2D eigenvalue weighted by molar-refractivity contribution is 9.10. The smallest absolute Gasteiger partial charge is 0.238 e. The minimum absolute atomic E-state index is 0.00315. The van der Waals surface area contributed by atoms with Crippen LogP contribution in [0.15, 0.2) is 57.9 Å². The average Bonchev–Trinajstić information content (AvgIpc) is 2.53. The third-order valence-electron chi connectivity index (χ3n) is 3.10. The minimum atomic E-state index is -3.73. The van der Waals surface area contributed by atoms with Crippen molar-refractivity contribution >= 4 is 37.5 Å². The fourth-order valence-corrected chi connectivity index (χ4v) is 2.68. The van der Waals surface area contributed by atoms with Gasteiger partial charge in [-0.3, -0.25) is 4.79 Å². The fraction of sp³-hybridized carbons (Fsp3) is 0.188. The fourth-order valence-electron chi connectivity index (χ4n) is 1.91. The van der Waals surface area contributed by atoms with Gasteiger partial charge in [-0.25, -0.2) is 13.6 Å². The molecule has 0 atom stereocenters. The monoisotopic (exact) mass is 412 g/mol. The lowest BCUT2D eigenvalue weighted by molar-refractivity contribution is -0.116. The highest BCUT2D eigenvalue weighted by atomic mass is 79.9. The molecule has 128 valence electrons. The molecule has 0 fully saturated rings. The average molecular weight is 413 g/mol. The lowest BCUT2D eigenvalue weighted by Crippen LogP contribution is -2.14. The summed E-state index contributed by atoms with van der Waals surface area (Å²) in [5, 5.41) is 7.70. The minimum Gasteiger partial charge on any atom is -0.494 e. The number of carbonyl (C=O) groups is 1. The molecule has 0 saturated carbocycles. The first kappa shape index (κ1) is 18.4. The van der Waals surface area contributed by atoms with Crippen LogP contribution in [0, 0.1) is 0 Å². The number of halogens is 1. The van der Waals surface area contributed by atoms with Gasteiger partial charge in [0.15, 0.2) is 0 Å². The molecule has 0 aliphatic carbocycles. The molecule has 2 aromatic carbocycles. The normalized spacial score (nSPS) is 11.1. The second-order valence-corrected chi connectivity index (χ2v) is 7.50. The number of nitrogens with two attached hydrogens (primary N) is 1. The molecular formula is C16H17BrN2O4S. The van der Waals surface area contributed by atoms with Crippen molar-refractivity contribution in [2.45, 2.75) is 17.7 Å². The number of sulfonamides is 1. The molecule has 0 spiro atoms. The Morgan fingerprint density at radius 1 is 1.08 bits per heavy atom. The van der Waals surface area contributed by atoms with E-state index in [9.17, 15) is 13.2 Å². The first-order valence-corrected chi connectivity index (χ1v) is 9.49. The summed E-state index contributed by atoms with van der Waals surface area (Å²) in [5.74, 6) is 0.579. The molecule has 0 saturated heterocycles. The molecule has 2 aromatic rings. The van der Waals surface area contributed by atoms with Crippen molar-refractivity contribution < 1.29 is 17.9 Å². The Hall–Kier alpha value is -1.90. The molecule has 0 aliphatic heterocycles. The molecular weight excluding hydrogens is 396 g/mol. The Kier molecular flexibility index (Phi) is 6.36. The number of hydrogen-bond acceptors (Lipinski definition) is 4. The third-order valence-corrected chi connectivity index (χ3v) is 4.56. The number of ether oxygens (including phenoxy) is 1. The van der Waals surface area contributed by atoms with Crippen LogP contribution < -0.4 is 15.2 Å². The van der Waals surface area contributed by atoms with Crippen molar-refractivity contribution in [2.75, 3.05) is 11.9 Å². The highest BCUT2D eigenvalue weighted by Gasteiger charge is 2.08. The van der Waals surface area contributed by atoms with E-state index in [4.69, 9.17) is 9.88 Å². The van der Waals surface area contributed by atoms with E-state index >= 15 is 0 Å². The molecule has 0 unspecified atom stereocenters. The lowest BCUT2D eigenvalue weighted by Gasteiger charge is -2.07. The molecule has 8 heteroatoms. The maximum Gasteiger partial charge on any atom is 0.238 e. The van der Waals surface area contributed by atoms with Gasteiger partial charge >= 0.3 is 0 Å². The number of rotatable bonds is 7. The van der Waals surface area contributed by atoms with Gasteiger partial charge in [0.25, 0.3) is 0 Å². The second-order valence-electron chi connectivity index (χ2n) is 5.02. The second kappa shape index (κ2) is 8.27. The van der Waals surface area contributed by atoms with Crippen LogP contribution in [-0.2, 0) is 14.8 Å². The number of benzene rings is 2. The predicted molar refractivity (Wildman–Crippen MR) is 95.3 cm³/mol. The zero-order valence-electron chi connectivity index (χ0n) is 12.7. The summed E-state index contributed by atoms with van der Waals surface area (Å²) in [4.78, 5) is 11.8. The van der Waals surface area contributed by atoms with E-state index in [1.807, 2.05) is 24.3 Å². The SMILES string of the molecule is NS(=O)(=O)c1ccc(NC(=O)CCCOc2ccc(Br)cc2)cc1. The number of amides is 1. The number of primary sulfonamides is 1. The van der Waals surface area contributed by atoms with Gasteiger partial charge in [-0.2, -0.15) is 0 Å². The summed E-state index contributed by atoms with van der Waals surface area (Å²) in [5.41, 5.74) is 0.515. The molecule has 1 amide bonds. The van der Waals surface area contributed by atoms with Gasteiger partial charge in [-0.15, -0.1) is 0 Å². The molecule has 0 aromatic heterocycles. The molecule has 0 aliphatic rings. The zero-order valence-corrected chi connectivity index (χ0v) is 15.1. The van der Waals surface area contributed by atoms with Gasteiger partial charge in [0, 0.05) is 16.6 Å². The van der Waals surface area contributed by atoms with Crippen LogP contribution >= 0.6 is 15.9 Å². The molecule has 2 rings (SSSR count). The van der Waals surface area contributed by atoms with Gasteiger partial charge in [0.05, 0.1) is 11.5 Å². The Balaban J connectivity index is 1.74. The standard InChI is InChI=1S/C16H17BrN2O4S/c17-12-3-7-14(8-4-12)23-11-1-2-16(20)19-13-5-9-15(10-6-13)24(18,21)22/h3-10H,1-2,11H2,(H,19,20)(H2,18,21,22). The number of nitrogens with one attached hydrogen (secondary N) is 1. The van der Waals surface area contributed by atoms with E-state index in [-0.39, 0.29) is 10.8 Å². The molecule has 6 nitrogen and oxygen atoms in total. The van der Waals surface area contributed by atoms with Gasteiger partial charge in [-0.1, -0.05) is 15.9 Å². The van der Waals surface area contributed by atoms with Crippen molar-refractivity contribution in [1.29, 1.82) is 0 Å². The number of carbonyl (C=O) groups excluding carboxylic acids is 1. The topological polar surface area (TPSA) is 98.5 Å². The van der Waals surface area contributed by atoms with E-state index in [2.05, 4.69) is 21.2 Å². The van der Waals surface area contributed by atoms with E-state index in [1.54, 1.807) is 0 Å². The zero-order chi connectivity index (χ0) is 17.6. The first-order chi connectivity index (χ1) is 11.3. The summed E-state index contributed by atoms with van der Waals surface area (Å²) in [6.07, 6.45) is 0.866. The van der Waals surface area contributed by atoms with Crippen molar-refractivity contribution in [3.8, 4) is 5.75 Å². The first-order valence-electron chi connectivity index (χ1n) is 7.16. The Morgan fingerprint density at radius 3 is 2.29 bits per heavy atom. The van der Waals surface area contributed by atoms with Gasteiger partial charge in [-0.05, 0) is 55.0 Å². The highest BCUT2D eigenvalue weighted by Crippen LogP contribution is 2.16. The van der Waals surface area contributed by atoms with E-state index in [1.165, 1.54) is 24.3 Å². The van der Waals surface area contributed by atoms with Crippen molar-refractivity contribution in [2.24, 2.45) is 5.14 Å². The van der Waals surface area contributed by atoms with Crippen LogP contribution in [0.4, 0.5) is 5.69 Å². The molecule has 3 N–H and O–H groups in total. The van der Waals surface area contributed by atoms with Crippen LogP contribution in [0.25, 0.3) is 0 Å². The molecule has 24 heavy (non-hydrogen) atoms. The Bertz CT molecular complexity index is 790. The molecule has 0 bridgehead atoms. The molecule has 0 radical (unpaired) electrons. The van der Waals surface area contributed by atoms with Gasteiger partial charge < -0.3 is 10.1 Å². The van der Waals surface area contributed by atoms with Crippen molar-refractivity contribution in [3.05, 3.63) is 53.0 Å². The van der Waals surface area contributed by atoms with E-state index < -0.39 is 10.0 Å². The predicted octanol–water partition coefficient (Wildman–Crippen LogP) is 2.89. The van der Waals surface area contributed by atoms with Crippen LogP contribution in [-0.4, -0.2) is 20.9 Å². The lowest BCUT2D eigenvalue weighted by atomic mass is 10.2. The number of hydrogen-bond donors (Lipinski definition) is 2. The van der Waals surface area contributed by atoms with Crippen LogP contribution in [0.2, 0.25) is 0 Å². The Morgan fingerprint density at radius 2 is 1.71 bits per heavy atom. The van der Waals surface area contributed by atoms with E-state index in [0.29, 0.717) is 25.1 Å². The quantitative estimate of drug-likeness (QED) is 0.682. The van der Waals surface area contributed by atoms with Crippen molar-refractivity contribution in [3.63, 3.8) is 0 Å². The largest absolute Gasteiger partial charge is 0.494 e. The summed E-state index contributed by atoms with van der Waals surface area (Å²) >= 11 is 3.34. The van der Waals surface area contributed by atoms with Crippen LogP contribution in [0.3, 0.4) is 0 Å². The number of anilines is 1. The third kappa shape index (κ3) is 5.95. The maximum absolute atomic E-state index is 11.8. The Labute approximate surface area is 149 Å². The summed E-state index contributed by atoms with van der Waals surface area (Å²) in [6.45, 7) is 0.430. The van der Waals surface area contributed by atoms with Crippen molar-refractivity contribution in [1.82, 2.24) is 0 Å². The summed E-state index contributed by atoms with van der Waals surface area (Å²) in [6, 6.07) is 13.1. The maximum atomic E-state index is 11.8. The summed E-state index contributed by atoms with van der Waals surface area (Å²) in [7, 11) is -3.73. The van der Waals surface area contributed by atoms with Gasteiger partial charge in [0.1, 0.15) is 5.75 Å². The van der Waals surface area contributed by atoms with Crippen LogP contribution in [0.5, 0.6) is 5.75 Å². The summed E-state index contributed by atoms with van der Waals surface area (Å²) < 4.78 is 28.8. The van der Waals surface area contributed by atoms with Crippen LogP contribution in [0.1, 0.15) is 12.8 Å². The molecule has 0 heterocycles.